The third-order valence-electron chi connectivity index (χ3n) is 3.87. The molecule has 130 valence electrons. The highest BCUT2D eigenvalue weighted by Crippen LogP contribution is 2.28. The van der Waals surface area contributed by atoms with Crippen LogP contribution in [-0.2, 0) is 7.05 Å². The van der Waals surface area contributed by atoms with Crippen molar-refractivity contribution in [2.24, 2.45) is 12.9 Å². The van der Waals surface area contributed by atoms with Gasteiger partial charge in [0, 0.05) is 30.9 Å². The number of anilines is 4. The van der Waals surface area contributed by atoms with Crippen LogP contribution >= 0.6 is 0 Å². The molecule has 0 saturated heterocycles. The average molecular weight is 338 g/mol. The van der Waals surface area contributed by atoms with E-state index in [0.717, 1.165) is 22.8 Å². The summed E-state index contributed by atoms with van der Waals surface area (Å²) in [5, 5.41) is 8.90. The molecule has 0 saturated carbocycles. The lowest BCUT2D eigenvalue weighted by Crippen LogP contribution is -2.37. The molecule has 0 unspecified atom stereocenters. The maximum absolute atomic E-state index is 6.17. The number of nitrogens with two attached hydrogens (primary N) is 2. The van der Waals surface area contributed by atoms with Crippen LogP contribution in [0.1, 0.15) is 13.8 Å². The minimum atomic E-state index is 0.155. The maximum atomic E-state index is 6.17. The molecular weight excluding hydrogens is 316 g/mol. The van der Waals surface area contributed by atoms with Crippen LogP contribution in [0.4, 0.5) is 23.1 Å². The van der Waals surface area contributed by atoms with Crippen molar-refractivity contribution in [2.45, 2.75) is 19.9 Å². The number of benzene rings is 1. The first kappa shape index (κ1) is 16.7. The van der Waals surface area contributed by atoms with Gasteiger partial charge in [0.15, 0.2) is 0 Å². The molecule has 25 heavy (non-hydrogen) atoms. The fraction of sp³-hybridized carbons (Fsp3) is 0.235. The zero-order chi connectivity index (χ0) is 18.0. The molecule has 5 N–H and O–H groups in total. The van der Waals surface area contributed by atoms with E-state index in [4.69, 9.17) is 11.6 Å². The van der Waals surface area contributed by atoms with Crippen LogP contribution in [0.5, 0.6) is 0 Å². The van der Waals surface area contributed by atoms with E-state index >= 15 is 0 Å². The Bertz CT molecular complexity index is 871. The standard InChI is InChI=1S/C17H22N8/c1-11(2)25(19)15-5-4-12(10-13(15)18)14-6-8-20-17(22-14)23-16-7-9-21-24(16)3/h4-11H,18-19H2,1-3H3,(H,20,22,23). The molecule has 0 fully saturated rings. The number of nitrogens with one attached hydrogen (secondary N) is 1. The van der Waals surface area contributed by atoms with E-state index in [1.54, 1.807) is 22.1 Å². The molecule has 0 bridgehead atoms. The van der Waals surface area contributed by atoms with Crippen molar-refractivity contribution < 1.29 is 0 Å². The van der Waals surface area contributed by atoms with Gasteiger partial charge in [0.1, 0.15) is 5.82 Å². The quantitative estimate of drug-likeness (QED) is 0.372. The molecule has 8 nitrogen and oxygen atoms in total. The molecule has 3 aromatic rings. The highest BCUT2D eigenvalue weighted by molar-refractivity contribution is 5.75. The van der Waals surface area contributed by atoms with E-state index < -0.39 is 0 Å². The van der Waals surface area contributed by atoms with Crippen molar-refractivity contribution in [3.63, 3.8) is 0 Å². The molecule has 0 aliphatic rings. The van der Waals surface area contributed by atoms with Crippen LogP contribution in [-0.4, -0.2) is 25.8 Å². The second-order valence-corrected chi connectivity index (χ2v) is 6.01. The van der Waals surface area contributed by atoms with Crippen molar-refractivity contribution >= 4 is 23.1 Å². The lowest BCUT2D eigenvalue weighted by Gasteiger charge is -2.24. The van der Waals surface area contributed by atoms with Crippen molar-refractivity contribution in [1.82, 2.24) is 19.7 Å². The van der Waals surface area contributed by atoms with Gasteiger partial charge in [-0.3, -0.25) is 4.68 Å². The molecule has 8 heteroatoms. The van der Waals surface area contributed by atoms with E-state index in [1.807, 2.05) is 51.2 Å². The number of hydrogen-bond donors (Lipinski definition) is 3. The molecular formula is C17H22N8. The number of nitrogen functional groups attached to an aromatic ring is 1. The fourth-order valence-corrected chi connectivity index (χ4v) is 2.42. The van der Waals surface area contributed by atoms with Gasteiger partial charge in [-0.25, -0.2) is 15.8 Å². The minimum absolute atomic E-state index is 0.155. The molecule has 0 aliphatic heterocycles. The van der Waals surface area contributed by atoms with E-state index in [-0.39, 0.29) is 6.04 Å². The SMILES string of the molecule is CC(C)N(N)c1ccc(-c2ccnc(Nc3ccnn3C)n2)cc1N. The third-order valence-corrected chi connectivity index (χ3v) is 3.87. The predicted molar refractivity (Wildman–Crippen MR) is 100 cm³/mol. The van der Waals surface area contributed by atoms with Crippen LogP contribution in [0.2, 0.25) is 0 Å². The van der Waals surface area contributed by atoms with Gasteiger partial charge in [-0.2, -0.15) is 5.10 Å². The Morgan fingerprint density at radius 3 is 2.60 bits per heavy atom. The van der Waals surface area contributed by atoms with E-state index in [2.05, 4.69) is 20.4 Å². The monoisotopic (exact) mass is 338 g/mol. The van der Waals surface area contributed by atoms with Crippen molar-refractivity contribution in [3.05, 3.63) is 42.7 Å². The summed E-state index contributed by atoms with van der Waals surface area (Å²) in [5.41, 5.74) is 9.24. The number of rotatable bonds is 5. The Morgan fingerprint density at radius 1 is 1.16 bits per heavy atom. The number of hydrazine groups is 1. The first-order valence-electron chi connectivity index (χ1n) is 7.97. The molecule has 1 aromatic carbocycles. The summed E-state index contributed by atoms with van der Waals surface area (Å²) in [6.07, 6.45) is 3.41. The summed E-state index contributed by atoms with van der Waals surface area (Å²) in [6, 6.07) is 9.57. The summed E-state index contributed by atoms with van der Waals surface area (Å²) < 4.78 is 1.71. The molecule has 0 aliphatic carbocycles. The topological polar surface area (TPSA) is 111 Å². The van der Waals surface area contributed by atoms with Crippen molar-refractivity contribution in [1.29, 1.82) is 0 Å². The summed E-state index contributed by atoms with van der Waals surface area (Å²) in [5.74, 6) is 7.35. The van der Waals surface area contributed by atoms with Gasteiger partial charge in [-0.1, -0.05) is 6.07 Å². The minimum Gasteiger partial charge on any atom is -0.397 e. The average Bonchev–Trinajstić information content (AvgIpc) is 2.99. The molecule has 2 aromatic heterocycles. The Labute approximate surface area is 146 Å². The lowest BCUT2D eigenvalue weighted by atomic mass is 10.1. The largest absolute Gasteiger partial charge is 0.397 e. The van der Waals surface area contributed by atoms with Gasteiger partial charge in [-0.15, -0.1) is 0 Å². The Kier molecular flexibility index (Phi) is 4.53. The van der Waals surface area contributed by atoms with Gasteiger partial charge < -0.3 is 16.1 Å². The van der Waals surface area contributed by atoms with Gasteiger partial charge in [-0.05, 0) is 32.0 Å². The first-order valence-corrected chi connectivity index (χ1v) is 7.97. The van der Waals surface area contributed by atoms with Crippen LogP contribution < -0.4 is 21.9 Å². The number of hydrogen-bond acceptors (Lipinski definition) is 7. The molecule has 3 rings (SSSR count). The molecule has 2 heterocycles. The highest BCUT2D eigenvalue weighted by Gasteiger charge is 2.11. The van der Waals surface area contributed by atoms with Gasteiger partial charge in [0.2, 0.25) is 5.95 Å². The summed E-state index contributed by atoms with van der Waals surface area (Å²) in [7, 11) is 1.85. The predicted octanol–water partition coefficient (Wildman–Crippen LogP) is 2.29. The third kappa shape index (κ3) is 3.53. The fourth-order valence-electron chi connectivity index (χ4n) is 2.42. The Hall–Kier alpha value is -3.13. The molecule has 0 radical (unpaired) electrons. The van der Waals surface area contributed by atoms with Crippen LogP contribution in [0.25, 0.3) is 11.3 Å². The summed E-state index contributed by atoms with van der Waals surface area (Å²) in [4.78, 5) is 8.80. The van der Waals surface area contributed by atoms with Crippen LogP contribution in [0.3, 0.4) is 0 Å². The van der Waals surface area contributed by atoms with Crippen molar-refractivity contribution in [2.75, 3.05) is 16.1 Å². The molecule has 0 atom stereocenters. The van der Waals surface area contributed by atoms with Gasteiger partial charge >= 0.3 is 0 Å². The molecule has 0 amide bonds. The zero-order valence-electron chi connectivity index (χ0n) is 14.5. The van der Waals surface area contributed by atoms with Crippen molar-refractivity contribution in [3.8, 4) is 11.3 Å². The summed E-state index contributed by atoms with van der Waals surface area (Å²) >= 11 is 0. The number of aryl methyl sites for hydroxylation is 1. The second kappa shape index (κ2) is 6.78. The van der Waals surface area contributed by atoms with E-state index in [0.29, 0.717) is 11.6 Å². The Morgan fingerprint density at radius 2 is 1.96 bits per heavy atom. The van der Waals surface area contributed by atoms with Gasteiger partial charge in [0.25, 0.3) is 0 Å². The maximum Gasteiger partial charge on any atom is 0.228 e. The van der Waals surface area contributed by atoms with E-state index in [9.17, 15) is 0 Å². The number of nitrogens with zero attached hydrogens (tertiary/aromatic N) is 5. The molecule has 0 spiro atoms. The second-order valence-electron chi connectivity index (χ2n) is 6.01. The lowest BCUT2D eigenvalue weighted by molar-refractivity contribution is 0.712. The summed E-state index contributed by atoms with van der Waals surface area (Å²) in [6.45, 7) is 4.02. The zero-order valence-corrected chi connectivity index (χ0v) is 14.5. The number of aromatic nitrogens is 4. The van der Waals surface area contributed by atoms with Crippen LogP contribution in [0, 0.1) is 0 Å². The van der Waals surface area contributed by atoms with Gasteiger partial charge in [0.05, 0.1) is 23.3 Å². The van der Waals surface area contributed by atoms with E-state index in [1.165, 1.54) is 0 Å². The smallest absolute Gasteiger partial charge is 0.228 e. The highest BCUT2D eigenvalue weighted by atomic mass is 15.4. The normalized spacial score (nSPS) is 10.9. The Balaban J connectivity index is 1.88. The first-order chi connectivity index (χ1) is 12.0. The van der Waals surface area contributed by atoms with Crippen LogP contribution in [0.15, 0.2) is 42.7 Å².